The van der Waals surface area contributed by atoms with Gasteiger partial charge >= 0.3 is 33.0 Å². The second-order valence-electron chi connectivity index (χ2n) is 2.09. The van der Waals surface area contributed by atoms with Crippen LogP contribution in [0.5, 0.6) is 0 Å². The first-order valence-corrected chi connectivity index (χ1v) is 6.08. The number of hydrogen-bond acceptors (Lipinski definition) is 2. The Hall–Kier alpha value is -0.366. The predicted molar refractivity (Wildman–Crippen MR) is 51.2 cm³/mol. The molecule has 0 N–H and O–H groups in total. The number of fused-ring (bicyclic) bond motifs is 1. The van der Waals surface area contributed by atoms with Gasteiger partial charge in [0, 0.05) is 12.4 Å². The quantitative estimate of drug-likeness (QED) is 0.680. The van der Waals surface area contributed by atoms with E-state index in [0.29, 0.717) is 12.7 Å². The number of halogens is 2. The van der Waals surface area contributed by atoms with E-state index in [1.54, 1.807) is 12.4 Å². The molecule has 1 aromatic carbocycles. The zero-order valence-corrected chi connectivity index (χ0v) is 8.93. The van der Waals surface area contributed by atoms with Gasteiger partial charge in [-0.25, -0.2) is 0 Å². The van der Waals surface area contributed by atoms with Crippen LogP contribution in [0.2, 0.25) is 0 Å². The van der Waals surface area contributed by atoms with Crippen LogP contribution in [-0.4, -0.2) is 9.97 Å². The number of rotatable bonds is 0. The Morgan fingerprint density at radius 2 is 1.31 bits per heavy atom. The number of aromatic nitrogens is 2. The fourth-order valence-electron chi connectivity index (χ4n) is 0.910. The largest absolute Gasteiger partial charge is 0.253 e. The minimum absolute atomic E-state index is 0.569. The van der Waals surface area contributed by atoms with E-state index in [4.69, 9.17) is 20.4 Å². The van der Waals surface area contributed by atoms with Crippen molar-refractivity contribution in [1.82, 2.24) is 9.97 Å². The minimum atomic E-state index is 0.569. The Morgan fingerprint density at radius 3 is 1.69 bits per heavy atom. The van der Waals surface area contributed by atoms with Gasteiger partial charge in [-0.3, -0.25) is 9.97 Å². The topological polar surface area (TPSA) is 25.8 Å². The molecular formula is C8H6Cl2N2Ni. The fraction of sp³-hybridized carbons (Fsp3) is 0. The van der Waals surface area contributed by atoms with Gasteiger partial charge in [-0.2, -0.15) is 0 Å². The summed E-state index contributed by atoms with van der Waals surface area (Å²) in [5.41, 5.74) is 1.90. The van der Waals surface area contributed by atoms with E-state index in [2.05, 4.69) is 9.97 Å². The molecule has 0 aliphatic rings. The first-order valence-electron chi connectivity index (χ1n) is 3.36. The summed E-state index contributed by atoms with van der Waals surface area (Å²) in [6.07, 6.45) is 3.39. The summed E-state index contributed by atoms with van der Waals surface area (Å²) in [5, 5.41) is 0. The molecule has 1 aromatic heterocycles. The summed E-state index contributed by atoms with van der Waals surface area (Å²) in [6.45, 7) is 0. The van der Waals surface area contributed by atoms with Gasteiger partial charge in [-0.15, -0.1) is 0 Å². The molecule has 0 unspecified atom stereocenters. The van der Waals surface area contributed by atoms with Gasteiger partial charge in [0.1, 0.15) is 0 Å². The number of benzene rings is 1. The third kappa shape index (κ3) is 3.47. The summed E-state index contributed by atoms with van der Waals surface area (Å²) in [4.78, 5) is 8.24. The third-order valence-electron chi connectivity index (χ3n) is 1.38. The Kier molecular flexibility index (Phi) is 5.06. The van der Waals surface area contributed by atoms with Crippen LogP contribution in [0.25, 0.3) is 11.0 Å². The van der Waals surface area contributed by atoms with E-state index in [1.807, 2.05) is 24.3 Å². The maximum Gasteiger partial charge on any atom is 0.0886 e. The summed E-state index contributed by atoms with van der Waals surface area (Å²) in [5.74, 6) is 0. The molecule has 2 rings (SSSR count). The van der Waals surface area contributed by atoms with Crippen molar-refractivity contribution in [3.63, 3.8) is 0 Å². The summed E-state index contributed by atoms with van der Waals surface area (Å²) >= 11 is 0.569. The van der Waals surface area contributed by atoms with Gasteiger partial charge in [0.25, 0.3) is 0 Å². The van der Waals surface area contributed by atoms with Crippen molar-refractivity contribution < 1.29 is 12.7 Å². The minimum Gasteiger partial charge on any atom is -0.253 e. The van der Waals surface area contributed by atoms with Crippen LogP contribution in [-0.2, 0) is 12.7 Å². The van der Waals surface area contributed by atoms with Crippen molar-refractivity contribution in [2.75, 3.05) is 0 Å². The molecule has 72 valence electrons. The van der Waals surface area contributed by atoms with E-state index >= 15 is 0 Å². The maximum atomic E-state index is 4.70. The van der Waals surface area contributed by atoms with Crippen molar-refractivity contribution in [1.29, 1.82) is 0 Å². The second kappa shape index (κ2) is 6.14. The fourth-order valence-corrected chi connectivity index (χ4v) is 0.910. The monoisotopic (exact) mass is 258 g/mol. The van der Waals surface area contributed by atoms with E-state index in [-0.39, 0.29) is 0 Å². The van der Waals surface area contributed by atoms with E-state index in [9.17, 15) is 0 Å². The normalized spacial score (nSPS) is 9.38. The number of nitrogens with zero attached hydrogens (tertiary/aromatic N) is 2. The Bertz CT molecular complexity index is 304. The molecular weight excluding hydrogens is 254 g/mol. The van der Waals surface area contributed by atoms with Crippen LogP contribution in [0.1, 0.15) is 0 Å². The molecule has 0 saturated carbocycles. The average Bonchev–Trinajstić information content (AvgIpc) is 2.19. The van der Waals surface area contributed by atoms with Crippen molar-refractivity contribution in [3.05, 3.63) is 36.7 Å². The number of para-hydroxylation sites is 2. The number of hydrogen-bond donors (Lipinski definition) is 0. The molecule has 1 heterocycles. The van der Waals surface area contributed by atoms with Gasteiger partial charge in [0.2, 0.25) is 0 Å². The molecule has 0 radical (unpaired) electrons. The van der Waals surface area contributed by atoms with E-state index in [1.165, 1.54) is 0 Å². The van der Waals surface area contributed by atoms with Crippen molar-refractivity contribution >= 4 is 31.4 Å². The Balaban J connectivity index is 0.000000251. The van der Waals surface area contributed by atoms with Crippen LogP contribution in [0.3, 0.4) is 0 Å². The zero-order valence-electron chi connectivity index (χ0n) is 6.43. The summed E-state index contributed by atoms with van der Waals surface area (Å²) in [6, 6.07) is 7.80. The van der Waals surface area contributed by atoms with Crippen molar-refractivity contribution in [3.8, 4) is 0 Å². The van der Waals surface area contributed by atoms with Crippen molar-refractivity contribution in [2.45, 2.75) is 0 Å². The molecule has 0 saturated heterocycles. The molecule has 5 heteroatoms. The van der Waals surface area contributed by atoms with Crippen LogP contribution in [0, 0.1) is 0 Å². The van der Waals surface area contributed by atoms with Crippen molar-refractivity contribution in [2.24, 2.45) is 0 Å². The summed E-state index contributed by atoms with van der Waals surface area (Å²) in [7, 11) is 9.40. The van der Waals surface area contributed by atoms with Crippen LogP contribution >= 0.6 is 20.4 Å². The second-order valence-corrected chi connectivity index (χ2v) is 3.72. The first-order chi connectivity index (χ1) is 6.38. The Labute approximate surface area is 90.6 Å². The van der Waals surface area contributed by atoms with Crippen LogP contribution in [0.4, 0.5) is 0 Å². The van der Waals surface area contributed by atoms with Crippen LogP contribution < -0.4 is 0 Å². The van der Waals surface area contributed by atoms with E-state index < -0.39 is 0 Å². The third-order valence-corrected chi connectivity index (χ3v) is 1.38. The standard InChI is InChI=1S/C8H6N2.2ClH.Ni/c1-2-4-8-7(3-1)9-5-6-10-8;;;/h1-6H;2*1H;/q;;;+2/p-2. The average molecular weight is 260 g/mol. The molecule has 0 fully saturated rings. The molecule has 0 aliphatic carbocycles. The maximum absolute atomic E-state index is 4.70. The first kappa shape index (κ1) is 10.7. The summed E-state index contributed by atoms with van der Waals surface area (Å²) < 4.78 is 0. The molecule has 0 spiro atoms. The Morgan fingerprint density at radius 1 is 0.923 bits per heavy atom. The van der Waals surface area contributed by atoms with E-state index in [0.717, 1.165) is 11.0 Å². The molecule has 0 bridgehead atoms. The molecule has 0 aliphatic heterocycles. The smallest absolute Gasteiger partial charge is 0.0886 e. The molecule has 2 nitrogen and oxygen atoms in total. The SMILES string of the molecule is [Cl][Ni][Cl].c1ccc2nccnc2c1. The molecule has 13 heavy (non-hydrogen) atoms. The molecule has 0 atom stereocenters. The van der Waals surface area contributed by atoms with Gasteiger partial charge in [0.15, 0.2) is 0 Å². The van der Waals surface area contributed by atoms with Crippen LogP contribution in [0.15, 0.2) is 36.7 Å². The van der Waals surface area contributed by atoms with Gasteiger partial charge in [-0.1, -0.05) is 12.1 Å². The van der Waals surface area contributed by atoms with Gasteiger partial charge in [0.05, 0.1) is 11.0 Å². The zero-order chi connectivity index (χ0) is 9.52. The molecule has 0 amide bonds. The molecule has 2 aromatic rings. The predicted octanol–water partition coefficient (Wildman–Crippen LogP) is 3.01. The van der Waals surface area contributed by atoms with Gasteiger partial charge in [-0.05, 0) is 12.1 Å². The van der Waals surface area contributed by atoms with Gasteiger partial charge < -0.3 is 0 Å².